The molecule has 84 valence electrons. The third kappa shape index (κ3) is 2.16. The zero-order valence-electron chi connectivity index (χ0n) is 8.77. The van der Waals surface area contributed by atoms with Crippen molar-refractivity contribution < 1.29 is 18.7 Å². The summed E-state index contributed by atoms with van der Waals surface area (Å²) in [7, 11) is 0. The molecule has 0 aromatic rings. The summed E-state index contributed by atoms with van der Waals surface area (Å²) >= 11 is 0. The Balaban J connectivity index is 2.85. The third-order valence-corrected chi connectivity index (χ3v) is 2.36. The van der Waals surface area contributed by atoms with Crippen molar-refractivity contribution in [2.75, 3.05) is 6.61 Å². The molecule has 1 unspecified atom stereocenters. The molecule has 1 aliphatic rings. The van der Waals surface area contributed by atoms with Crippen LogP contribution in [0.15, 0.2) is 12.7 Å². The molecule has 1 rings (SSSR count). The van der Waals surface area contributed by atoms with Crippen LogP contribution in [-0.2, 0) is 9.53 Å². The van der Waals surface area contributed by atoms with E-state index >= 15 is 0 Å². The minimum absolute atomic E-state index is 0.0393. The van der Waals surface area contributed by atoms with Crippen LogP contribution in [0, 0.1) is 5.92 Å². The first-order valence-corrected chi connectivity index (χ1v) is 4.75. The zero-order valence-corrected chi connectivity index (χ0v) is 8.77. The first kappa shape index (κ1) is 11.7. The van der Waals surface area contributed by atoms with E-state index in [2.05, 4.69) is 6.58 Å². The maximum absolute atomic E-state index is 13.1. The van der Waals surface area contributed by atoms with Gasteiger partial charge in [-0.2, -0.15) is 0 Å². The monoisotopic (exact) mass is 215 g/mol. The summed E-state index contributed by atoms with van der Waals surface area (Å²) in [6.07, 6.45) is -1.76. The summed E-state index contributed by atoms with van der Waals surface area (Å²) in [5.74, 6) is -0.858. The number of alkyl halides is 1. The van der Waals surface area contributed by atoms with E-state index < -0.39 is 18.2 Å². The van der Waals surface area contributed by atoms with E-state index in [0.29, 0.717) is 0 Å². The van der Waals surface area contributed by atoms with Gasteiger partial charge in [-0.25, -0.2) is 14.1 Å². The van der Waals surface area contributed by atoms with E-state index in [1.54, 1.807) is 0 Å². The van der Waals surface area contributed by atoms with Crippen molar-refractivity contribution in [2.45, 2.75) is 26.1 Å². The highest BCUT2D eigenvalue weighted by molar-refractivity contribution is 5.96. The SMILES string of the molecule is C=CC(F)C(=O)N1C(=O)OC[C@H]1C(C)C. The number of hydrogen-bond donors (Lipinski definition) is 0. The van der Waals surface area contributed by atoms with Crippen molar-refractivity contribution in [3.05, 3.63) is 12.7 Å². The average Bonchev–Trinajstić information content (AvgIpc) is 2.58. The number of cyclic esters (lactones) is 1. The van der Waals surface area contributed by atoms with Gasteiger partial charge in [-0.05, 0) is 12.0 Å². The largest absolute Gasteiger partial charge is 0.447 e. The predicted molar refractivity (Wildman–Crippen MR) is 51.9 cm³/mol. The molecule has 1 saturated heterocycles. The molecule has 5 heteroatoms. The predicted octanol–water partition coefficient (Wildman–Crippen LogP) is 1.51. The number of imide groups is 1. The second-order valence-corrected chi connectivity index (χ2v) is 3.73. The van der Waals surface area contributed by atoms with Crippen LogP contribution < -0.4 is 0 Å². The smallest absolute Gasteiger partial charge is 0.417 e. The van der Waals surface area contributed by atoms with Crippen molar-refractivity contribution in [1.29, 1.82) is 0 Å². The van der Waals surface area contributed by atoms with Gasteiger partial charge in [0.25, 0.3) is 5.91 Å². The fraction of sp³-hybridized carbons (Fsp3) is 0.600. The lowest BCUT2D eigenvalue weighted by atomic mass is 10.0. The molecule has 2 atom stereocenters. The number of hydrogen-bond acceptors (Lipinski definition) is 3. The van der Waals surface area contributed by atoms with E-state index in [-0.39, 0.29) is 18.6 Å². The molecule has 0 aromatic carbocycles. The maximum atomic E-state index is 13.1. The number of rotatable bonds is 3. The Labute approximate surface area is 87.7 Å². The summed E-state index contributed by atoms with van der Waals surface area (Å²) in [4.78, 5) is 23.6. The number of halogens is 1. The number of carbonyl (C=O) groups is 2. The number of carbonyl (C=O) groups excluding carboxylic acids is 2. The number of nitrogens with zero attached hydrogens (tertiary/aromatic N) is 1. The van der Waals surface area contributed by atoms with E-state index in [1.807, 2.05) is 13.8 Å². The highest BCUT2D eigenvalue weighted by atomic mass is 19.1. The minimum Gasteiger partial charge on any atom is -0.447 e. The van der Waals surface area contributed by atoms with Crippen LogP contribution in [0.5, 0.6) is 0 Å². The topological polar surface area (TPSA) is 46.6 Å². The van der Waals surface area contributed by atoms with Gasteiger partial charge < -0.3 is 4.74 Å². The molecular weight excluding hydrogens is 201 g/mol. The molecular formula is C10H14FNO3. The summed E-state index contributed by atoms with van der Waals surface area (Å²) in [5, 5.41) is 0. The Bertz CT molecular complexity index is 290. The van der Waals surface area contributed by atoms with Crippen molar-refractivity contribution in [3.8, 4) is 0 Å². The van der Waals surface area contributed by atoms with Gasteiger partial charge in [-0.3, -0.25) is 4.79 Å². The molecule has 1 fully saturated rings. The Morgan fingerprint density at radius 1 is 1.73 bits per heavy atom. The molecule has 4 nitrogen and oxygen atoms in total. The van der Waals surface area contributed by atoms with Crippen LogP contribution in [0.3, 0.4) is 0 Å². The van der Waals surface area contributed by atoms with Gasteiger partial charge in [0.2, 0.25) is 0 Å². The van der Waals surface area contributed by atoms with Gasteiger partial charge in [0.05, 0.1) is 6.04 Å². The Morgan fingerprint density at radius 2 is 2.33 bits per heavy atom. The van der Waals surface area contributed by atoms with Gasteiger partial charge in [-0.1, -0.05) is 20.4 Å². The summed E-state index contributed by atoms with van der Waals surface area (Å²) < 4.78 is 17.8. The van der Waals surface area contributed by atoms with Crippen LogP contribution in [0.2, 0.25) is 0 Å². The average molecular weight is 215 g/mol. The van der Waals surface area contributed by atoms with E-state index in [9.17, 15) is 14.0 Å². The van der Waals surface area contributed by atoms with Crippen LogP contribution in [0.4, 0.5) is 9.18 Å². The summed E-state index contributed by atoms with van der Waals surface area (Å²) in [6.45, 7) is 6.99. The number of amides is 2. The van der Waals surface area contributed by atoms with Crippen molar-refractivity contribution in [3.63, 3.8) is 0 Å². The standard InChI is InChI=1S/C10H14FNO3/c1-4-7(11)9(13)12-8(6(2)3)5-15-10(12)14/h4,6-8H,1,5H2,2-3H3/t7?,8-/m0/s1. The second kappa shape index (κ2) is 4.42. The van der Waals surface area contributed by atoms with E-state index in [4.69, 9.17) is 4.74 Å². The Kier molecular flexibility index (Phi) is 3.44. The Hall–Kier alpha value is -1.39. The molecule has 0 bridgehead atoms. The van der Waals surface area contributed by atoms with Crippen LogP contribution in [-0.4, -0.2) is 35.7 Å². The molecule has 0 N–H and O–H groups in total. The van der Waals surface area contributed by atoms with Crippen molar-refractivity contribution in [2.24, 2.45) is 5.92 Å². The van der Waals surface area contributed by atoms with E-state index in [1.165, 1.54) is 0 Å². The molecule has 0 aromatic heterocycles. The first-order valence-electron chi connectivity index (χ1n) is 4.75. The Morgan fingerprint density at radius 3 is 2.80 bits per heavy atom. The third-order valence-electron chi connectivity index (χ3n) is 2.36. The molecule has 0 aliphatic carbocycles. The van der Waals surface area contributed by atoms with Gasteiger partial charge in [0.1, 0.15) is 6.61 Å². The first-order chi connectivity index (χ1) is 6.99. The second-order valence-electron chi connectivity index (χ2n) is 3.73. The van der Waals surface area contributed by atoms with Gasteiger partial charge >= 0.3 is 6.09 Å². The summed E-state index contributed by atoms with van der Waals surface area (Å²) in [5.41, 5.74) is 0. The molecule has 2 amide bonds. The molecule has 0 radical (unpaired) electrons. The van der Waals surface area contributed by atoms with Crippen LogP contribution >= 0.6 is 0 Å². The van der Waals surface area contributed by atoms with Gasteiger partial charge in [0, 0.05) is 0 Å². The van der Waals surface area contributed by atoms with Crippen LogP contribution in [0.25, 0.3) is 0 Å². The zero-order chi connectivity index (χ0) is 11.6. The van der Waals surface area contributed by atoms with Gasteiger partial charge in [-0.15, -0.1) is 0 Å². The lowest BCUT2D eigenvalue weighted by Crippen LogP contribution is -2.45. The number of ether oxygens (including phenoxy) is 1. The quantitative estimate of drug-likeness (QED) is 0.670. The lowest BCUT2D eigenvalue weighted by molar-refractivity contribution is -0.133. The van der Waals surface area contributed by atoms with Crippen LogP contribution in [0.1, 0.15) is 13.8 Å². The molecule has 15 heavy (non-hydrogen) atoms. The van der Waals surface area contributed by atoms with Gasteiger partial charge in [0.15, 0.2) is 6.17 Å². The molecule has 1 aliphatic heterocycles. The molecule has 0 saturated carbocycles. The highest BCUT2D eigenvalue weighted by Crippen LogP contribution is 2.21. The van der Waals surface area contributed by atoms with Crippen molar-refractivity contribution in [1.82, 2.24) is 4.90 Å². The fourth-order valence-electron chi connectivity index (χ4n) is 1.41. The minimum atomic E-state index is -1.85. The normalized spacial score (nSPS) is 22.8. The maximum Gasteiger partial charge on any atom is 0.417 e. The molecule has 0 spiro atoms. The highest BCUT2D eigenvalue weighted by Gasteiger charge is 2.41. The lowest BCUT2D eigenvalue weighted by Gasteiger charge is -2.22. The van der Waals surface area contributed by atoms with Crippen molar-refractivity contribution >= 4 is 12.0 Å². The van der Waals surface area contributed by atoms with E-state index in [0.717, 1.165) is 11.0 Å². The molecule has 1 heterocycles. The fourth-order valence-corrected chi connectivity index (χ4v) is 1.41. The summed E-state index contributed by atoms with van der Waals surface area (Å²) in [6, 6.07) is -0.386.